The third-order valence-corrected chi connectivity index (χ3v) is 5.08. The van der Waals surface area contributed by atoms with Crippen LogP contribution in [0.15, 0.2) is 59.8 Å². The summed E-state index contributed by atoms with van der Waals surface area (Å²) in [5.41, 5.74) is 6.48. The quantitative estimate of drug-likeness (QED) is 0.325. The number of aromatic nitrogens is 1. The van der Waals surface area contributed by atoms with Crippen LogP contribution in [0, 0.1) is 0 Å². The van der Waals surface area contributed by atoms with E-state index in [-0.39, 0.29) is 5.41 Å². The zero-order valence-corrected chi connectivity index (χ0v) is 18.9. The van der Waals surface area contributed by atoms with Gasteiger partial charge in [0.25, 0.3) is 0 Å². The Kier molecular flexibility index (Phi) is 7.11. The van der Waals surface area contributed by atoms with E-state index in [0.717, 1.165) is 35.3 Å². The van der Waals surface area contributed by atoms with Gasteiger partial charge in [0.05, 0.1) is 12.8 Å². The van der Waals surface area contributed by atoms with Crippen molar-refractivity contribution in [1.29, 1.82) is 0 Å². The molecule has 0 amide bonds. The second-order valence-corrected chi connectivity index (χ2v) is 8.56. The summed E-state index contributed by atoms with van der Waals surface area (Å²) in [4.78, 5) is 0. The van der Waals surface area contributed by atoms with Gasteiger partial charge in [-0.05, 0) is 48.3 Å². The van der Waals surface area contributed by atoms with Crippen LogP contribution in [0.25, 0.3) is 10.9 Å². The van der Waals surface area contributed by atoms with Crippen LogP contribution in [0.2, 0.25) is 0 Å². The Hall–Kier alpha value is -2.86. The number of para-hydroxylation sites is 1. The lowest BCUT2D eigenvalue weighted by Gasteiger charge is -2.19. The van der Waals surface area contributed by atoms with Crippen LogP contribution in [0.3, 0.4) is 0 Å². The number of rotatable bonds is 7. The van der Waals surface area contributed by atoms with Crippen LogP contribution in [0.1, 0.15) is 38.8 Å². The molecule has 1 heterocycles. The second kappa shape index (κ2) is 9.76. The average molecular weight is 423 g/mol. The highest BCUT2D eigenvalue weighted by molar-refractivity contribution is 7.80. The topological polar surface area (TPSA) is 50.6 Å². The van der Waals surface area contributed by atoms with Crippen LogP contribution in [-0.4, -0.2) is 29.0 Å². The Morgan fingerprint density at radius 1 is 1.13 bits per heavy atom. The van der Waals surface area contributed by atoms with Gasteiger partial charge in [0.15, 0.2) is 5.11 Å². The number of hydrogen-bond donors (Lipinski definition) is 2. The highest BCUT2D eigenvalue weighted by Gasteiger charge is 2.13. The number of thiocarbonyl (C=S) groups is 1. The zero-order valence-electron chi connectivity index (χ0n) is 18.1. The Morgan fingerprint density at radius 3 is 2.57 bits per heavy atom. The Labute approximate surface area is 184 Å². The van der Waals surface area contributed by atoms with Crippen molar-refractivity contribution >= 4 is 34.4 Å². The van der Waals surface area contributed by atoms with E-state index in [1.165, 1.54) is 5.56 Å². The zero-order chi connectivity index (χ0) is 21.6. The average Bonchev–Trinajstić information content (AvgIpc) is 3.06. The smallest absolute Gasteiger partial charge is 0.186 e. The molecule has 3 rings (SSSR count). The first-order chi connectivity index (χ1) is 14.4. The lowest BCUT2D eigenvalue weighted by atomic mass is 9.87. The van der Waals surface area contributed by atoms with Gasteiger partial charge in [-0.15, -0.1) is 0 Å². The van der Waals surface area contributed by atoms with Crippen molar-refractivity contribution in [3.63, 3.8) is 0 Å². The standard InChI is InChI=1S/C24H30N4OS/c1-5-25-23(30)27-26-16-18-17-28(22-9-7-6-8-21(18)22)14-15-29-20-12-10-19(11-13-20)24(2,3)4/h6-13,16-17H,5,14-15H2,1-4H3,(H2,25,27,30)/b26-16-. The van der Waals surface area contributed by atoms with Crippen LogP contribution < -0.4 is 15.5 Å². The molecular weight excluding hydrogens is 392 g/mol. The second-order valence-electron chi connectivity index (χ2n) is 8.15. The van der Waals surface area contributed by atoms with E-state index < -0.39 is 0 Å². The molecule has 158 valence electrons. The van der Waals surface area contributed by atoms with Gasteiger partial charge < -0.3 is 14.6 Å². The number of fused-ring (bicyclic) bond motifs is 1. The fourth-order valence-corrected chi connectivity index (χ4v) is 3.43. The highest BCUT2D eigenvalue weighted by atomic mass is 32.1. The molecule has 0 aliphatic rings. The number of nitrogens with one attached hydrogen (secondary N) is 2. The molecule has 0 radical (unpaired) electrons. The minimum Gasteiger partial charge on any atom is -0.492 e. The van der Waals surface area contributed by atoms with Crippen molar-refractivity contribution in [2.24, 2.45) is 5.10 Å². The number of nitrogens with zero attached hydrogens (tertiary/aromatic N) is 2. The molecule has 1 aromatic heterocycles. The van der Waals surface area contributed by atoms with Gasteiger partial charge in [0, 0.05) is 29.2 Å². The van der Waals surface area contributed by atoms with E-state index in [4.69, 9.17) is 17.0 Å². The largest absolute Gasteiger partial charge is 0.492 e. The number of hydrazone groups is 1. The van der Waals surface area contributed by atoms with Crippen LogP contribution in [0.5, 0.6) is 5.75 Å². The lowest BCUT2D eigenvalue weighted by Crippen LogP contribution is -2.31. The van der Waals surface area contributed by atoms with Crippen LogP contribution in [0.4, 0.5) is 0 Å². The molecule has 0 spiro atoms. The number of hydrogen-bond acceptors (Lipinski definition) is 3. The van der Waals surface area contributed by atoms with E-state index in [9.17, 15) is 0 Å². The van der Waals surface area contributed by atoms with E-state index in [1.807, 2.05) is 31.2 Å². The van der Waals surface area contributed by atoms with Gasteiger partial charge in [-0.1, -0.05) is 51.1 Å². The van der Waals surface area contributed by atoms with Crippen molar-refractivity contribution in [3.05, 3.63) is 65.9 Å². The van der Waals surface area contributed by atoms with Crippen molar-refractivity contribution in [2.75, 3.05) is 13.2 Å². The molecule has 5 nitrogen and oxygen atoms in total. The number of ether oxygens (including phenoxy) is 1. The predicted octanol–water partition coefficient (Wildman–Crippen LogP) is 4.84. The van der Waals surface area contributed by atoms with Crippen molar-refractivity contribution in [2.45, 2.75) is 39.7 Å². The Balaban J connectivity index is 1.66. The van der Waals surface area contributed by atoms with Crippen molar-refractivity contribution < 1.29 is 4.74 Å². The minimum absolute atomic E-state index is 0.145. The summed E-state index contributed by atoms with van der Waals surface area (Å²) >= 11 is 5.14. The monoisotopic (exact) mass is 422 g/mol. The van der Waals surface area contributed by atoms with Gasteiger partial charge >= 0.3 is 0 Å². The summed E-state index contributed by atoms with van der Waals surface area (Å²) in [7, 11) is 0. The van der Waals surface area contributed by atoms with Gasteiger partial charge in [0.2, 0.25) is 0 Å². The summed E-state index contributed by atoms with van der Waals surface area (Å²) < 4.78 is 8.18. The third kappa shape index (κ3) is 5.60. The molecule has 0 saturated heterocycles. The Morgan fingerprint density at radius 2 is 1.87 bits per heavy atom. The third-order valence-electron chi connectivity index (χ3n) is 4.85. The molecule has 30 heavy (non-hydrogen) atoms. The molecule has 0 aliphatic carbocycles. The fourth-order valence-electron chi connectivity index (χ4n) is 3.24. The van der Waals surface area contributed by atoms with E-state index >= 15 is 0 Å². The van der Waals surface area contributed by atoms with E-state index in [1.54, 1.807) is 6.21 Å². The SMILES string of the molecule is CCNC(=S)N/N=C\c1cn(CCOc2ccc(C(C)(C)C)cc2)c2ccccc12. The predicted molar refractivity (Wildman–Crippen MR) is 130 cm³/mol. The van der Waals surface area contributed by atoms with Gasteiger partial charge in [-0.25, -0.2) is 0 Å². The first kappa shape index (κ1) is 21.8. The minimum atomic E-state index is 0.145. The molecule has 0 aliphatic heterocycles. The first-order valence-electron chi connectivity index (χ1n) is 10.3. The fraction of sp³-hybridized carbons (Fsp3) is 0.333. The van der Waals surface area contributed by atoms with Crippen LogP contribution >= 0.6 is 12.2 Å². The molecule has 0 atom stereocenters. The first-order valence-corrected chi connectivity index (χ1v) is 10.7. The summed E-state index contributed by atoms with van der Waals surface area (Å²) in [5, 5.41) is 8.93. The molecule has 3 aromatic rings. The van der Waals surface area contributed by atoms with E-state index in [0.29, 0.717) is 11.7 Å². The molecule has 0 saturated carbocycles. The molecule has 0 fully saturated rings. The maximum atomic E-state index is 5.98. The van der Waals surface area contributed by atoms with Gasteiger partial charge in [-0.3, -0.25) is 5.43 Å². The summed E-state index contributed by atoms with van der Waals surface area (Å²) in [6, 6.07) is 16.7. The molecular formula is C24H30N4OS. The van der Waals surface area contributed by atoms with Crippen molar-refractivity contribution in [3.8, 4) is 5.75 Å². The molecule has 2 N–H and O–H groups in total. The summed E-state index contributed by atoms with van der Waals surface area (Å²) in [6.45, 7) is 10.7. The van der Waals surface area contributed by atoms with Gasteiger partial charge in [0.1, 0.15) is 12.4 Å². The molecule has 6 heteroatoms. The summed E-state index contributed by atoms with van der Waals surface area (Å²) in [6.07, 6.45) is 3.90. The summed E-state index contributed by atoms with van der Waals surface area (Å²) in [5.74, 6) is 0.891. The van der Waals surface area contributed by atoms with E-state index in [2.05, 4.69) is 71.6 Å². The van der Waals surface area contributed by atoms with Crippen LogP contribution in [-0.2, 0) is 12.0 Å². The normalized spacial score (nSPS) is 11.7. The lowest BCUT2D eigenvalue weighted by molar-refractivity contribution is 0.300. The van der Waals surface area contributed by atoms with Gasteiger partial charge in [-0.2, -0.15) is 5.10 Å². The molecule has 0 bridgehead atoms. The van der Waals surface area contributed by atoms with Crippen molar-refractivity contribution in [1.82, 2.24) is 15.3 Å². The maximum absolute atomic E-state index is 5.98. The molecule has 0 unspecified atom stereocenters. The number of benzene rings is 2. The Bertz CT molecular complexity index is 1020. The molecule has 2 aromatic carbocycles. The maximum Gasteiger partial charge on any atom is 0.186 e. The highest BCUT2D eigenvalue weighted by Crippen LogP contribution is 2.24.